The van der Waals surface area contributed by atoms with E-state index < -0.39 is 24.2 Å². The molecule has 6 heteroatoms. The molecular formula is C15H21NO5. The summed E-state index contributed by atoms with van der Waals surface area (Å²) in [4.78, 5) is 12.2. The topological polar surface area (TPSA) is 99.0 Å². The summed E-state index contributed by atoms with van der Waals surface area (Å²) in [5.74, 6) is -0.210. The third-order valence-corrected chi connectivity index (χ3v) is 3.84. The molecule has 0 saturated heterocycles. The van der Waals surface area contributed by atoms with Crippen molar-refractivity contribution >= 4 is 5.91 Å². The maximum Gasteiger partial charge on any atom is 0.255 e. The zero-order chi connectivity index (χ0) is 15.4. The van der Waals surface area contributed by atoms with Crippen molar-refractivity contribution < 1.29 is 24.9 Å². The van der Waals surface area contributed by atoms with Crippen LogP contribution in [0.1, 0.15) is 36.0 Å². The van der Waals surface area contributed by atoms with Crippen LogP contribution in [0.15, 0.2) is 18.2 Å². The normalized spacial score (nSPS) is 26.0. The van der Waals surface area contributed by atoms with Crippen molar-refractivity contribution in [3.8, 4) is 11.5 Å². The number of rotatable bonds is 3. The second kappa shape index (κ2) is 6.78. The fourth-order valence-corrected chi connectivity index (χ4v) is 2.56. The van der Waals surface area contributed by atoms with Gasteiger partial charge in [-0.05, 0) is 25.0 Å². The SMILES string of the molecule is COc1ccc(C(=O)N[C@@H]2CCCC[C@@H](O)[C@@H]2O)c(O)c1. The number of aromatic hydroxyl groups is 1. The van der Waals surface area contributed by atoms with Crippen LogP contribution in [-0.4, -0.2) is 46.6 Å². The van der Waals surface area contributed by atoms with Gasteiger partial charge in [-0.25, -0.2) is 0 Å². The van der Waals surface area contributed by atoms with Gasteiger partial charge in [0.1, 0.15) is 11.5 Å². The number of carbonyl (C=O) groups is 1. The molecule has 1 saturated carbocycles. The largest absolute Gasteiger partial charge is 0.507 e. The van der Waals surface area contributed by atoms with Gasteiger partial charge in [-0.3, -0.25) is 4.79 Å². The van der Waals surface area contributed by atoms with Crippen LogP contribution in [0.5, 0.6) is 11.5 Å². The number of aliphatic hydroxyl groups is 2. The van der Waals surface area contributed by atoms with E-state index in [0.717, 1.165) is 12.8 Å². The van der Waals surface area contributed by atoms with Crippen LogP contribution in [0.4, 0.5) is 0 Å². The third-order valence-electron chi connectivity index (χ3n) is 3.84. The fraction of sp³-hybridized carbons (Fsp3) is 0.533. The average Bonchev–Trinajstić information content (AvgIpc) is 2.62. The highest BCUT2D eigenvalue weighted by Crippen LogP contribution is 2.24. The number of phenols is 1. The van der Waals surface area contributed by atoms with Gasteiger partial charge in [0.15, 0.2) is 0 Å². The maximum atomic E-state index is 12.2. The average molecular weight is 295 g/mol. The number of nitrogens with one attached hydrogen (secondary N) is 1. The van der Waals surface area contributed by atoms with Crippen LogP contribution in [0.25, 0.3) is 0 Å². The first kappa shape index (κ1) is 15.6. The van der Waals surface area contributed by atoms with Crippen molar-refractivity contribution in [1.29, 1.82) is 0 Å². The summed E-state index contributed by atoms with van der Waals surface area (Å²) in [7, 11) is 1.47. The van der Waals surface area contributed by atoms with E-state index in [-0.39, 0.29) is 11.3 Å². The van der Waals surface area contributed by atoms with Crippen molar-refractivity contribution in [3.05, 3.63) is 23.8 Å². The number of aliphatic hydroxyl groups excluding tert-OH is 2. The van der Waals surface area contributed by atoms with Crippen LogP contribution >= 0.6 is 0 Å². The predicted octanol–water partition coefficient (Wildman–Crippen LogP) is 0.795. The molecule has 0 heterocycles. The van der Waals surface area contributed by atoms with Crippen molar-refractivity contribution in [2.24, 2.45) is 0 Å². The molecule has 3 atom stereocenters. The van der Waals surface area contributed by atoms with Gasteiger partial charge in [-0.2, -0.15) is 0 Å². The minimum absolute atomic E-state index is 0.113. The summed E-state index contributed by atoms with van der Waals surface area (Å²) in [5.41, 5.74) is 0.113. The van der Waals surface area contributed by atoms with Crippen molar-refractivity contribution in [2.75, 3.05) is 7.11 Å². The number of carbonyl (C=O) groups excluding carboxylic acids is 1. The molecule has 1 aliphatic carbocycles. The Bertz CT molecular complexity index is 505. The van der Waals surface area contributed by atoms with Crippen LogP contribution in [-0.2, 0) is 0 Å². The molecule has 116 valence electrons. The number of amides is 1. The van der Waals surface area contributed by atoms with Crippen LogP contribution in [0.3, 0.4) is 0 Å². The first-order valence-corrected chi connectivity index (χ1v) is 7.07. The highest BCUT2D eigenvalue weighted by Gasteiger charge is 2.30. The van der Waals surface area contributed by atoms with Crippen LogP contribution in [0, 0.1) is 0 Å². The number of phenolic OH excluding ortho intramolecular Hbond substituents is 1. The molecule has 4 N–H and O–H groups in total. The van der Waals surface area contributed by atoms with E-state index in [9.17, 15) is 20.1 Å². The Hall–Kier alpha value is -1.79. The summed E-state index contributed by atoms with van der Waals surface area (Å²) < 4.78 is 4.96. The number of ether oxygens (including phenoxy) is 1. The number of methoxy groups -OCH3 is 1. The Labute approximate surface area is 123 Å². The van der Waals surface area contributed by atoms with E-state index in [1.165, 1.54) is 19.2 Å². The molecule has 1 aliphatic rings. The highest BCUT2D eigenvalue weighted by molar-refractivity contribution is 5.97. The summed E-state index contributed by atoms with van der Waals surface area (Å²) in [6, 6.07) is 3.88. The van der Waals surface area contributed by atoms with Gasteiger partial charge in [0, 0.05) is 6.07 Å². The lowest BCUT2D eigenvalue weighted by Crippen LogP contribution is -2.47. The van der Waals surface area contributed by atoms with Crippen molar-refractivity contribution in [1.82, 2.24) is 5.32 Å². The highest BCUT2D eigenvalue weighted by atomic mass is 16.5. The lowest BCUT2D eigenvalue weighted by atomic mass is 10.0. The Balaban J connectivity index is 2.09. The monoisotopic (exact) mass is 295 g/mol. The lowest BCUT2D eigenvalue weighted by Gasteiger charge is -2.25. The Kier molecular flexibility index (Phi) is 5.03. The quantitative estimate of drug-likeness (QED) is 0.618. The van der Waals surface area contributed by atoms with E-state index in [1.54, 1.807) is 6.07 Å². The van der Waals surface area contributed by atoms with Gasteiger partial charge in [0.05, 0.1) is 30.9 Å². The van der Waals surface area contributed by atoms with Gasteiger partial charge in [-0.15, -0.1) is 0 Å². The Morgan fingerprint density at radius 1 is 1.29 bits per heavy atom. The van der Waals surface area contributed by atoms with E-state index in [4.69, 9.17) is 4.74 Å². The maximum absolute atomic E-state index is 12.2. The molecule has 0 unspecified atom stereocenters. The molecule has 0 bridgehead atoms. The number of hydrogen-bond donors (Lipinski definition) is 4. The second-order valence-electron chi connectivity index (χ2n) is 5.31. The molecule has 21 heavy (non-hydrogen) atoms. The Morgan fingerprint density at radius 3 is 2.67 bits per heavy atom. The number of benzene rings is 1. The molecule has 1 fully saturated rings. The summed E-state index contributed by atoms with van der Waals surface area (Å²) in [5, 5.41) is 32.3. The molecule has 1 aromatic rings. The standard InChI is InChI=1S/C15H21NO5/c1-21-9-6-7-10(13(18)8-9)15(20)16-11-4-2-3-5-12(17)14(11)19/h6-8,11-12,14,17-19H,2-5H2,1H3,(H,16,20)/t11-,12-,14-/m1/s1. The molecule has 1 amide bonds. The van der Waals surface area contributed by atoms with Crippen molar-refractivity contribution in [3.63, 3.8) is 0 Å². The van der Waals surface area contributed by atoms with E-state index in [2.05, 4.69) is 5.32 Å². The van der Waals surface area contributed by atoms with Crippen LogP contribution < -0.4 is 10.1 Å². The summed E-state index contributed by atoms with van der Waals surface area (Å²) in [6.45, 7) is 0. The van der Waals surface area contributed by atoms with E-state index >= 15 is 0 Å². The van der Waals surface area contributed by atoms with Crippen molar-refractivity contribution in [2.45, 2.75) is 43.9 Å². The first-order valence-electron chi connectivity index (χ1n) is 7.07. The molecule has 2 rings (SSSR count). The van der Waals surface area contributed by atoms with Gasteiger partial charge >= 0.3 is 0 Å². The minimum Gasteiger partial charge on any atom is -0.507 e. The fourth-order valence-electron chi connectivity index (χ4n) is 2.56. The zero-order valence-electron chi connectivity index (χ0n) is 12.0. The van der Waals surface area contributed by atoms with Gasteiger partial charge in [-0.1, -0.05) is 12.8 Å². The van der Waals surface area contributed by atoms with Gasteiger partial charge < -0.3 is 25.4 Å². The summed E-state index contributed by atoms with van der Waals surface area (Å²) >= 11 is 0. The summed E-state index contributed by atoms with van der Waals surface area (Å²) in [6.07, 6.45) is 0.952. The minimum atomic E-state index is -0.989. The third kappa shape index (κ3) is 3.65. The zero-order valence-corrected chi connectivity index (χ0v) is 12.0. The second-order valence-corrected chi connectivity index (χ2v) is 5.31. The van der Waals surface area contributed by atoms with Gasteiger partial charge in [0.2, 0.25) is 0 Å². The van der Waals surface area contributed by atoms with E-state index in [1.807, 2.05) is 0 Å². The van der Waals surface area contributed by atoms with Crippen LogP contribution in [0.2, 0.25) is 0 Å². The Morgan fingerprint density at radius 2 is 2.00 bits per heavy atom. The molecule has 1 aromatic carbocycles. The van der Waals surface area contributed by atoms with E-state index in [0.29, 0.717) is 18.6 Å². The number of hydrogen-bond acceptors (Lipinski definition) is 5. The predicted molar refractivity (Wildman–Crippen MR) is 76.4 cm³/mol. The lowest BCUT2D eigenvalue weighted by molar-refractivity contribution is -0.00126. The molecule has 0 aromatic heterocycles. The smallest absolute Gasteiger partial charge is 0.255 e. The van der Waals surface area contributed by atoms with Gasteiger partial charge in [0.25, 0.3) is 5.91 Å². The molecule has 0 aliphatic heterocycles. The molecule has 0 radical (unpaired) electrons. The molecular weight excluding hydrogens is 274 g/mol. The molecule has 6 nitrogen and oxygen atoms in total. The first-order chi connectivity index (χ1) is 10.0. The molecule has 0 spiro atoms.